The van der Waals surface area contributed by atoms with E-state index in [4.69, 9.17) is 14.2 Å². The summed E-state index contributed by atoms with van der Waals surface area (Å²) in [6, 6.07) is 10.1. The molecular formula is C36H56N2O6S. The summed E-state index contributed by atoms with van der Waals surface area (Å²) in [7, 11) is 0.795. The molecule has 2 rings (SSSR count). The zero-order valence-electron chi connectivity index (χ0n) is 28.2. The molecular weight excluding hydrogens is 588 g/mol. The van der Waals surface area contributed by atoms with E-state index >= 15 is 0 Å². The molecule has 0 spiro atoms. The number of methoxy groups -OCH3 is 3. The standard InChI is InChI=1S/C36H56N2O6S/c1-6-7-8-9-10-11-12-13-14-15-16-17-18-19-20-21-35(45(40,41)31-24-22-29(2)23-25-31)37-28-34(39)38-36-32(43-4)26-30(42-3)27-33(36)44-5/h13-14,22-27,35,37H,6-12,15-21,28H2,1-5H3,(H,38,39)/b14-13-. The number of benzene rings is 2. The number of nitrogens with one attached hydrogen (secondary N) is 2. The van der Waals surface area contributed by atoms with E-state index in [0.29, 0.717) is 29.4 Å². The highest BCUT2D eigenvalue weighted by Gasteiger charge is 2.28. The van der Waals surface area contributed by atoms with E-state index < -0.39 is 21.1 Å². The predicted molar refractivity (Wildman–Crippen MR) is 184 cm³/mol. The number of ether oxygens (including phenoxy) is 3. The SMILES string of the molecule is CCCCCCCC/C=C\CCCCCCCC(NCC(=O)Nc1c(OC)cc(OC)cc1OC)S(=O)(=O)c1ccc(C)cc1. The predicted octanol–water partition coefficient (Wildman–Crippen LogP) is 8.39. The number of hydrogen-bond acceptors (Lipinski definition) is 7. The van der Waals surface area contributed by atoms with Gasteiger partial charge in [0.25, 0.3) is 0 Å². The maximum absolute atomic E-state index is 13.6. The van der Waals surface area contributed by atoms with Crippen LogP contribution in [0.5, 0.6) is 17.2 Å². The number of allylic oxidation sites excluding steroid dienone is 2. The lowest BCUT2D eigenvalue weighted by molar-refractivity contribution is -0.115. The third-order valence-corrected chi connectivity index (χ3v) is 10.0. The van der Waals surface area contributed by atoms with Crippen molar-refractivity contribution < 1.29 is 27.4 Å². The minimum atomic E-state index is -3.71. The molecule has 0 aliphatic rings. The summed E-state index contributed by atoms with van der Waals surface area (Å²) in [5.74, 6) is 0.850. The number of carbonyl (C=O) groups is 1. The molecule has 8 nitrogen and oxygen atoms in total. The highest BCUT2D eigenvalue weighted by molar-refractivity contribution is 7.92. The van der Waals surface area contributed by atoms with Gasteiger partial charge in [0.15, 0.2) is 9.84 Å². The van der Waals surface area contributed by atoms with Gasteiger partial charge in [-0.2, -0.15) is 0 Å². The summed E-state index contributed by atoms with van der Waals surface area (Å²) >= 11 is 0. The fourth-order valence-electron chi connectivity index (χ4n) is 5.18. The van der Waals surface area contributed by atoms with Crippen LogP contribution in [0.25, 0.3) is 0 Å². The van der Waals surface area contributed by atoms with Crippen molar-refractivity contribution in [2.45, 2.75) is 114 Å². The Hall–Kier alpha value is -3.04. The number of unbranched alkanes of at least 4 members (excludes halogenated alkanes) is 11. The summed E-state index contributed by atoms with van der Waals surface area (Å²) in [6.45, 7) is 3.97. The van der Waals surface area contributed by atoms with Gasteiger partial charge in [0.2, 0.25) is 5.91 Å². The molecule has 0 bridgehead atoms. The van der Waals surface area contributed by atoms with Crippen molar-refractivity contribution in [3.05, 3.63) is 54.1 Å². The van der Waals surface area contributed by atoms with Crippen molar-refractivity contribution in [3.8, 4) is 17.2 Å². The second kappa shape index (κ2) is 21.7. The van der Waals surface area contributed by atoms with Gasteiger partial charge in [-0.25, -0.2) is 8.42 Å². The lowest BCUT2D eigenvalue weighted by atomic mass is 10.1. The van der Waals surface area contributed by atoms with E-state index in [2.05, 4.69) is 29.7 Å². The minimum Gasteiger partial charge on any atom is -0.496 e. The summed E-state index contributed by atoms with van der Waals surface area (Å²) in [5, 5.41) is 4.93. The highest BCUT2D eigenvalue weighted by Crippen LogP contribution is 2.38. The first-order chi connectivity index (χ1) is 21.8. The quantitative estimate of drug-likeness (QED) is 0.0874. The first-order valence-electron chi connectivity index (χ1n) is 16.6. The topological polar surface area (TPSA) is 103 Å². The van der Waals surface area contributed by atoms with Gasteiger partial charge in [-0.15, -0.1) is 0 Å². The van der Waals surface area contributed by atoms with Crippen LogP contribution in [0.2, 0.25) is 0 Å². The van der Waals surface area contributed by atoms with Crippen LogP contribution in [0.15, 0.2) is 53.4 Å². The van der Waals surface area contributed by atoms with Gasteiger partial charge in [-0.3, -0.25) is 10.1 Å². The molecule has 252 valence electrons. The molecule has 0 aromatic heterocycles. The zero-order chi connectivity index (χ0) is 32.9. The molecule has 2 aromatic carbocycles. The van der Waals surface area contributed by atoms with Crippen LogP contribution in [-0.2, 0) is 14.6 Å². The number of aryl methyl sites for hydroxylation is 1. The van der Waals surface area contributed by atoms with E-state index in [1.54, 1.807) is 36.4 Å². The fourth-order valence-corrected chi connectivity index (χ4v) is 6.80. The van der Waals surface area contributed by atoms with Gasteiger partial charge < -0.3 is 19.5 Å². The summed E-state index contributed by atoms with van der Waals surface area (Å²) in [6.07, 6.45) is 20.3. The van der Waals surface area contributed by atoms with Crippen molar-refractivity contribution in [3.63, 3.8) is 0 Å². The summed E-state index contributed by atoms with van der Waals surface area (Å²) in [5.41, 5.74) is 1.33. The summed E-state index contributed by atoms with van der Waals surface area (Å²) in [4.78, 5) is 13.3. The lowest BCUT2D eigenvalue weighted by Gasteiger charge is -2.20. The zero-order valence-corrected chi connectivity index (χ0v) is 29.0. The van der Waals surface area contributed by atoms with Gasteiger partial charge in [-0.05, 0) is 51.2 Å². The minimum absolute atomic E-state index is 0.195. The van der Waals surface area contributed by atoms with E-state index in [9.17, 15) is 13.2 Å². The Labute approximate surface area is 272 Å². The number of hydrogen-bond donors (Lipinski definition) is 2. The van der Waals surface area contributed by atoms with E-state index in [0.717, 1.165) is 44.1 Å². The Bertz CT molecular complexity index is 1240. The maximum atomic E-state index is 13.6. The Morgan fingerprint density at radius 3 is 1.84 bits per heavy atom. The molecule has 0 fully saturated rings. The van der Waals surface area contributed by atoms with Crippen LogP contribution < -0.4 is 24.8 Å². The molecule has 0 aliphatic carbocycles. The number of anilines is 1. The number of amides is 1. The number of carbonyl (C=O) groups excluding carboxylic acids is 1. The number of rotatable bonds is 24. The van der Waals surface area contributed by atoms with E-state index in [1.165, 1.54) is 66.3 Å². The summed E-state index contributed by atoms with van der Waals surface area (Å²) < 4.78 is 43.3. The van der Waals surface area contributed by atoms with Gasteiger partial charge >= 0.3 is 0 Å². The average Bonchev–Trinajstić information content (AvgIpc) is 3.04. The molecule has 0 aliphatic heterocycles. The second-order valence-corrected chi connectivity index (χ2v) is 13.7. The number of sulfone groups is 1. The van der Waals surface area contributed by atoms with Crippen molar-refractivity contribution in [1.29, 1.82) is 0 Å². The maximum Gasteiger partial charge on any atom is 0.238 e. The molecule has 0 heterocycles. The van der Waals surface area contributed by atoms with Crippen LogP contribution in [0, 0.1) is 6.92 Å². The van der Waals surface area contributed by atoms with Crippen molar-refractivity contribution >= 4 is 21.4 Å². The Morgan fingerprint density at radius 2 is 1.31 bits per heavy atom. The molecule has 0 saturated heterocycles. The van der Waals surface area contributed by atoms with Crippen molar-refractivity contribution in [2.75, 3.05) is 33.2 Å². The van der Waals surface area contributed by atoms with E-state index in [1.807, 2.05) is 6.92 Å². The molecule has 9 heteroatoms. The third-order valence-electron chi connectivity index (χ3n) is 7.92. The van der Waals surface area contributed by atoms with E-state index in [-0.39, 0.29) is 11.4 Å². The normalized spacial score (nSPS) is 12.3. The Balaban J connectivity index is 1.89. The molecule has 0 saturated carbocycles. The monoisotopic (exact) mass is 644 g/mol. The molecule has 2 aromatic rings. The molecule has 0 radical (unpaired) electrons. The first-order valence-corrected chi connectivity index (χ1v) is 18.1. The first kappa shape index (κ1) is 38.1. The smallest absolute Gasteiger partial charge is 0.238 e. The molecule has 1 atom stereocenters. The molecule has 1 amide bonds. The van der Waals surface area contributed by atoms with Crippen LogP contribution in [0.1, 0.15) is 102 Å². The average molecular weight is 645 g/mol. The molecule has 45 heavy (non-hydrogen) atoms. The van der Waals surface area contributed by atoms with Crippen LogP contribution in [0.3, 0.4) is 0 Å². The highest BCUT2D eigenvalue weighted by atomic mass is 32.2. The Morgan fingerprint density at radius 1 is 0.778 bits per heavy atom. The largest absolute Gasteiger partial charge is 0.496 e. The fraction of sp³-hybridized carbons (Fsp3) is 0.583. The third kappa shape index (κ3) is 13.9. The van der Waals surface area contributed by atoms with Gasteiger partial charge in [-0.1, -0.05) is 94.6 Å². The lowest BCUT2D eigenvalue weighted by Crippen LogP contribution is -2.41. The Kier molecular flexibility index (Phi) is 18.4. The molecule has 2 N–H and O–H groups in total. The van der Waals surface area contributed by atoms with Gasteiger partial charge in [0.1, 0.15) is 28.3 Å². The van der Waals surface area contributed by atoms with Gasteiger partial charge in [0, 0.05) is 12.1 Å². The van der Waals surface area contributed by atoms with Crippen LogP contribution in [-0.4, -0.2) is 47.6 Å². The van der Waals surface area contributed by atoms with Crippen molar-refractivity contribution in [2.24, 2.45) is 0 Å². The van der Waals surface area contributed by atoms with Gasteiger partial charge in [0.05, 0.1) is 32.8 Å². The van der Waals surface area contributed by atoms with Crippen LogP contribution >= 0.6 is 0 Å². The van der Waals surface area contributed by atoms with Crippen molar-refractivity contribution in [1.82, 2.24) is 5.32 Å². The second-order valence-electron chi connectivity index (χ2n) is 11.6. The van der Waals surface area contributed by atoms with Crippen LogP contribution in [0.4, 0.5) is 5.69 Å². The molecule has 1 unspecified atom stereocenters.